The molecule has 0 unspecified atom stereocenters. The molecule has 0 bridgehead atoms. The van der Waals surface area contributed by atoms with Crippen LogP contribution in [-0.2, 0) is 14.3 Å². The smallest absolute Gasteiger partial charge is 0.416 e. The monoisotopic (exact) mass is 628 g/mol. The lowest BCUT2D eigenvalue weighted by molar-refractivity contribution is -0.141. The van der Waals surface area contributed by atoms with Crippen molar-refractivity contribution < 1.29 is 33.0 Å². The molecule has 2 aromatic heterocycles. The van der Waals surface area contributed by atoms with E-state index in [0.717, 1.165) is 0 Å². The van der Waals surface area contributed by atoms with Crippen LogP contribution in [0.15, 0.2) is 42.7 Å². The summed E-state index contributed by atoms with van der Waals surface area (Å²) in [6, 6.07) is 7.22. The summed E-state index contributed by atoms with van der Waals surface area (Å²) in [4.78, 5) is 49.6. The molecule has 234 valence electrons. The number of hydrogen-bond acceptors (Lipinski definition) is 10. The summed E-state index contributed by atoms with van der Waals surface area (Å²) < 4.78 is 31.2. The number of aromatic nitrogens is 2. The lowest BCUT2D eigenvalue weighted by Gasteiger charge is -2.32. The summed E-state index contributed by atoms with van der Waals surface area (Å²) >= 11 is 6.18. The predicted octanol–water partition coefficient (Wildman–Crippen LogP) is 4.65. The predicted molar refractivity (Wildman–Crippen MR) is 163 cm³/mol. The van der Waals surface area contributed by atoms with Crippen molar-refractivity contribution in [3.63, 3.8) is 0 Å². The van der Waals surface area contributed by atoms with Crippen LogP contribution in [0.2, 0.25) is 5.02 Å². The zero-order valence-corrected chi connectivity index (χ0v) is 25.8. The fraction of sp³-hybridized carbons (Fsp3) is 0.367. The number of esters is 1. The van der Waals surface area contributed by atoms with Crippen molar-refractivity contribution in [3.05, 3.63) is 59.1 Å². The van der Waals surface area contributed by atoms with E-state index in [0.29, 0.717) is 22.9 Å². The topological polar surface area (TPSA) is 135 Å². The highest BCUT2D eigenvalue weighted by atomic mass is 35.5. The summed E-state index contributed by atoms with van der Waals surface area (Å²) in [6.07, 6.45) is 2.25. The van der Waals surface area contributed by atoms with E-state index in [9.17, 15) is 14.4 Å². The Morgan fingerprint density at radius 2 is 1.95 bits per heavy atom. The lowest BCUT2D eigenvalue weighted by atomic mass is 10.1. The van der Waals surface area contributed by atoms with Crippen molar-refractivity contribution in [1.29, 1.82) is 0 Å². The number of benzene rings is 1. The van der Waals surface area contributed by atoms with Gasteiger partial charge in [0.15, 0.2) is 11.6 Å². The Morgan fingerprint density at radius 1 is 1.18 bits per heavy atom. The van der Waals surface area contributed by atoms with Crippen molar-refractivity contribution in [3.8, 4) is 17.0 Å². The first kappa shape index (κ1) is 32.4. The first-order valence-corrected chi connectivity index (χ1v) is 14.1. The van der Waals surface area contributed by atoms with Crippen molar-refractivity contribution in [2.45, 2.75) is 26.4 Å². The SMILES string of the molecule is COC(=O)CN(C)CCNC(=O)c1cnccc1Nc1cc(-c2cc(Cl)ccc2F)nc2c1OCCN2C(=O)OC(C)(C)C. The number of anilines is 3. The van der Waals surface area contributed by atoms with E-state index in [2.05, 4.69) is 25.3 Å². The molecule has 3 aromatic rings. The van der Waals surface area contributed by atoms with E-state index in [-0.39, 0.29) is 60.6 Å². The van der Waals surface area contributed by atoms with Gasteiger partial charge in [-0.15, -0.1) is 0 Å². The maximum Gasteiger partial charge on any atom is 0.416 e. The second-order valence-corrected chi connectivity index (χ2v) is 11.4. The van der Waals surface area contributed by atoms with Crippen LogP contribution in [0.4, 0.5) is 26.4 Å². The van der Waals surface area contributed by atoms with Gasteiger partial charge in [-0.3, -0.25) is 24.4 Å². The molecule has 1 aliphatic rings. The number of carbonyl (C=O) groups excluding carboxylic acids is 3. The van der Waals surface area contributed by atoms with Gasteiger partial charge in [-0.2, -0.15) is 0 Å². The number of nitrogens with zero attached hydrogens (tertiary/aromatic N) is 4. The van der Waals surface area contributed by atoms with Crippen LogP contribution in [0.5, 0.6) is 5.75 Å². The van der Waals surface area contributed by atoms with Gasteiger partial charge < -0.3 is 24.8 Å². The average molecular weight is 629 g/mol. The first-order valence-electron chi connectivity index (χ1n) is 13.7. The van der Waals surface area contributed by atoms with Gasteiger partial charge in [0, 0.05) is 36.1 Å². The fourth-order valence-electron chi connectivity index (χ4n) is 4.26. The molecule has 0 aliphatic carbocycles. The molecular weight excluding hydrogens is 595 g/mol. The van der Waals surface area contributed by atoms with Crippen LogP contribution in [0, 0.1) is 5.82 Å². The van der Waals surface area contributed by atoms with Crippen molar-refractivity contribution in [1.82, 2.24) is 20.2 Å². The van der Waals surface area contributed by atoms with E-state index in [1.165, 1.54) is 42.6 Å². The molecule has 0 saturated carbocycles. The summed E-state index contributed by atoms with van der Waals surface area (Å²) in [5, 5.41) is 6.30. The number of likely N-dealkylation sites (N-methyl/N-ethyl adjacent to an activating group) is 1. The maximum atomic E-state index is 15.0. The van der Waals surface area contributed by atoms with Gasteiger partial charge in [0.05, 0.1) is 42.8 Å². The number of hydrogen-bond donors (Lipinski definition) is 2. The van der Waals surface area contributed by atoms with E-state index >= 15 is 4.39 Å². The Balaban J connectivity index is 1.69. The molecule has 4 rings (SSSR count). The van der Waals surface area contributed by atoms with Crippen LogP contribution >= 0.6 is 11.6 Å². The van der Waals surface area contributed by atoms with Crippen LogP contribution in [0.25, 0.3) is 11.3 Å². The fourth-order valence-corrected chi connectivity index (χ4v) is 4.43. The molecule has 1 aliphatic heterocycles. The molecule has 0 spiro atoms. The summed E-state index contributed by atoms with van der Waals surface area (Å²) in [5.41, 5.74) is 0.380. The molecular formula is C30H34ClFN6O6. The molecule has 2 amide bonds. The number of methoxy groups -OCH3 is 1. The Morgan fingerprint density at radius 3 is 2.68 bits per heavy atom. The molecule has 0 saturated heterocycles. The zero-order valence-electron chi connectivity index (χ0n) is 25.1. The Kier molecular flexibility index (Phi) is 10.2. The van der Waals surface area contributed by atoms with Crippen molar-refractivity contribution >= 4 is 46.8 Å². The normalized spacial score (nSPS) is 12.7. The second kappa shape index (κ2) is 13.9. The number of carbonyl (C=O) groups is 3. The van der Waals surface area contributed by atoms with Crippen LogP contribution in [-0.4, -0.2) is 85.4 Å². The summed E-state index contributed by atoms with van der Waals surface area (Å²) in [6.45, 7) is 6.24. The van der Waals surface area contributed by atoms with Gasteiger partial charge in [0.25, 0.3) is 5.91 Å². The lowest BCUT2D eigenvalue weighted by Crippen LogP contribution is -2.42. The molecule has 0 atom stereocenters. The quantitative estimate of drug-likeness (QED) is 0.322. The number of halogens is 2. The molecule has 1 aromatic carbocycles. The molecule has 44 heavy (non-hydrogen) atoms. The molecule has 0 fully saturated rings. The van der Waals surface area contributed by atoms with Gasteiger partial charge >= 0.3 is 12.1 Å². The van der Waals surface area contributed by atoms with Crippen molar-refractivity contribution in [2.24, 2.45) is 0 Å². The van der Waals surface area contributed by atoms with E-state index in [1.54, 1.807) is 44.9 Å². The van der Waals surface area contributed by atoms with Crippen molar-refractivity contribution in [2.75, 3.05) is 57.2 Å². The number of nitrogens with one attached hydrogen (secondary N) is 2. The highest BCUT2D eigenvalue weighted by molar-refractivity contribution is 6.30. The van der Waals surface area contributed by atoms with E-state index in [4.69, 9.17) is 21.1 Å². The summed E-state index contributed by atoms with van der Waals surface area (Å²) in [7, 11) is 3.04. The standard InChI is InChI=1S/C30H34ClFN6O6/c1-30(2,3)44-29(41)38-12-13-43-26-24(15-23(36-27(26)38)19-14-18(31)6-7-21(19)32)35-22-8-9-33-16-20(22)28(40)34-10-11-37(4)17-25(39)42-5/h6-9,14-16H,10-13,17H2,1-5H3,(H,34,40)(H,33,35,36). The molecule has 3 heterocycles. The van der Waals surface area contributed by atoms with Gasteiger partial charge in [-0.25, -0.2) is 14.2 Å². The molecule has 12 nitrogen and oxygen atoms in total. The average Bonchev–Trinajstić information content (AvgIpc) is 2.97. The maximum absolute atomic E-state index is 15.0. The van der Waals surface area contributed by atoms with E-state index < -0.39 is 23.4 Å². The Labute approximate surface area is 259 Å². The molecule has 0 radical (unpaired) electrons. The minimum absolute atomic E-state index is 0.0785. The third kappa shape index (κ3) is 8.11. The second-order valence-electron chi connectivity index (χ2n) is 10.9. The van der Waals surface area contributed by atoms with E-state index in [1.807, 2.05) is 0 Å². The largest absolute Gasteiger partial charge is 0.486 e. The number of pyridine rings is 2. The number of fused-ring (bicyclic) bond motifs is 1. The summed E-state index contributed by atoms with van der Waals surface area (Å²) in [5.74, 6) is -1.07. The molecule has 2 N–H and O–H groups in total. The van der Waals surface area contributed by atoms with Crippen LogP contribution in [0.1, 0.15) is 31.1 Å². The van der Waals surface area contributed by atoms with Gasteiger partial charge in [-0.1, -0.05) is 11.6 Å². The van der Waals surface area contributed by atoms with Gasteiger partial charge in [0.2, 0.25) is 0 Å². The van der Waals surface area contributed by atoms with Gasteiger partial charge in [-0.05, 0) is 58.2 Å². The first-order chi connectivity index (χ1) is 20.9. The minimum Gasteiger partial charge on any atom is -0.486 e. The number of rotatable bonds is 9. The van der Waals surface area contributed by atoms with Crippen LogP contribution in [0.3, 0.4) is 0 Å². The highest BCUT2D eigenvalue weighted by Gasteiger charge is 2.32. The zero-order chi connectivity index (χ0) is 32.0. The van der Waals surface area contributed by atoms with Crippen LogP contribution < -0.4 is 20.3 Å². The molecule has 14 heteroatoms. The van der Waals surface area contributed by atoms with Gasteiger partial charge in [0.1, 0.15) is 18.0 Å². The Hall–Kier alpha value is -4.49. The Bertz CT molecular complexity index is 1550. The number of amides is 2. The number of ether oxygens (including phenoxy) is 3. The highest BCUT2D eigenvalue weighted by Crippen LogP contribution is 2.42. The third-order valence-electron chi connectivity index (χ3n) is 6.33. The third-order valence-corrected chi connectivity index (χ3v) is 6.57. The minimum atomic E-state index is -0.777.